The van der Waals surface area contributed by atoms with Crippen molar-refractivity contribution in [3.63, 3.8) is 0 Å². The van der Waals surface area contributed by atoms with Gasteiger partial charge in [-0.15, -0.1) is 0 Å². The van der Waals surface area contributed by atoms with Crippen LogP contribution in [0.2, 0.25) is 0 Å². The normalized spacial score (nSPS) is 22.7. The predicted molar refractivity (Wildman–Crippen MR) is 72.2 cm³/mol. The van der Waals surface area contributed by atoms with Gasteiger partial charge in [-0.25, -0.2) is 8.42 Å². The molecule has 1 amide bonds. The van der Waals surface area contributed by atoms with Gasteiger partial charge in [0.05, 0.1) is 11.5 Å². The number of unbranched alkanes of at least 4 members (excludes halogenated alkanes) is 2. The van der Waals surface area contributed by atoms with Crippen LogP contribution >= 0.6 is 0 Å². The van der Waals surface area contributed by atoms with Gasteiger partial charge in [-0.05, 0) is 6.42 Å². The molecule has 1 atom stereocenters. The highest BCUT2D eigenvalue weighted by Gasteiger charge is 2.26. The molecule has 0 aromatic heterocycles. The van der Waals surface area contributed by atoms with Gasteiger partial charge in [0.1, 0.15) is 0 Å². The average molecular weight is 276 g/mol. The summed E-state index contributed by atoms with van der Waals surface area (Å²) in [4.78, 5) is 13.6. The summed E-state index contributed by atoms with van der Waals surface area (Å²) in [6.45, 7) is 3.34. The molecule has 6 heteroatoms. The number of carbonyl (C=O) groups is 1. The van der Waals surface area contributed by atoms with Gasteiger partial charge in [0.15, 0.2) is 9.84 Å². The highest BCUT2D eigenvalue weighted by Crippen LogP contribution is 2.07. The molecule has 5 nitrogen and oxygen atoms in total. The third-order valence-electron chi connectivity index (χ3n) is 3.25. The molecule has 1 fully saturated rings. The molecular weight excluding hydrogens is 252 g/mol. The van der Waals surface area contributed by atoms with Gasteiger partial charge in [-0.1, -0.05) is 19.8 Å². The van der Waals surface area contributed by atoms with Crippen molar-refractivity contribution in [1.82, 2.24) is 10.2 Å². The SMILES string of the molecule is CCCCCN(C)C(=O)CC1CS(=O)(=O)CCN1. The topological polar surface area (TPSA) is 66.5 Å². The maximum atomic E-state index is 11.9. The van der Waals surface area contributed by atoms with E-state index in [-0.39, 0.29) is 29.9 Å². The van der Waals surface area contributed by atoms with Crippen LogP contribution in [0, 0.1) is 0 Å². The molecule has 1 aliphatic heterocycles. The van der Waals surface area contributed by atoms with Crippen molar-refractivity contribution >= 4 is 15.7 Å². The fourth-order valence-corrected chi connectivity index (χ4v) is 3.53. The van der Waals surface area contributed by atoms with E-state index in [1.807, 2.05) is 0 Å². The first kappa shape index (κ1) is 15.4. The van der Waals surface area contributed by atoms with E-state index in [1.54, 1.807) is 11.9 Å². The highest BCUT2D eigenvalue weighted by molar-refractivity contribution is 7.91. The van der Waals surface area contributed by atoms with Crippen molar-refractivity contribution in [3.05, 3.63) is 0 Å². The molecule has 0 aromatic rings. The largest absolute Gasteiger partial charge is 0.346 e. The molecule has 1 N–H and O–H groups in total. The summed E-state index contributed by atoms with van der Waals surface area (Å²) in [5.74, 6) is 0.298. The molecule has 0 aliphatic carbocycles. The van der Waals surface area contributed by atoms with Gasteiger partial charge in [0, 0.05) is 32.6 Å². The quantitative estimate of drug-likeness (QED) is 0.714. The number of amides is 1. The summed E-state index contributed by atoms with van der Waals surface area (Å²) >= 11 is 0. The standard InChI is InChI=1S/C12H24N2O3S/c1-3-4-5-7-14(2)12(15)9-11-10-18(16,17)8-6-13-11/h11,13H,3-10H2,1-2H3. The first-order valence-electron chi connectivity index (χ1n) is 6.62. The van der Waals surface area contributed by atoms with Crippen LogP contribution in [0.3, 0.4) is 0 Å². The van der Waals surface area contributed by atoms with Gasteiger partial charge >= 0.3 is 0 Å². The van der Waals surface area contributed by atoms with Crippen molar-refractivity contribution in [2.45, 2.75) is 38.6 Å². The summed E-state index contributed by atoms with van der Waals surface area (Å²) in [5, 5.41) is 3.10. The zero-order valence-electron chi connectivity index (χ0n) is 11.3. The monoisotopic (exact) mass is 276 g/mol. The van der Waals surface area contributed by atoms with Crippen LogP contribution in [0.25, 0.3) is 0 Å². The van der Waals surface area contributed by atoms with E-state index in [2.05, 4.69) is 12.2 Å². The van der Waals surface area contributed by atoms with Crippen LogP contribution in [0.1, 0.15) is 32.6 Å². The second-order valence-corrected chi connectivity index (χ2v) is 7.22. The minimum atomic E-state index is -2.96. The first-order chi connectivity index (χ1) is 8.44. The maximum absolute atomic E-state index is 11.9. The third-order valence-corrected chi connectivity index (χ3v) is 4.98. The first-order valence-corrected chi connectivity index (χ1v) is 8.44. The molecule has 0 radical (unpaired) electrons. The molecule has 106 valence electrons. The fourth-order valence-electron chi connectivity index (χ4n) is 2.09. The maximum Gasteiger partial charge on any atom is 0.223 e. The number of sulfone groups is 1. The minimum absolute atomic E-state index is 0.0284. The van der Waals surface area contributed by atoms with Gasteiger partial charge in [-0.3, -0.25) is 4.79 Å². The number of hydrogen-bond acceptors (Lipinski definition) is 4. The Bertz CT molecular complexity index is 368. The number of rotatable bonds is 6. The van der Waals surface area contributed by atoms with Gasteiger partial charge in [0.25, 0.3) is 0 Å². The van der Waals surface area contributed by atoms with Crippen molar-refractivity contribution in [2.24, 2.45) is 0 Å². The molecule has 1 unspecified atom stereocenters. The van der Waals surface area contributed by atoms with Crippen LogP contribution in [0.15, 0.2) is 0 Å². The third kappa shape index (κ3) is 5.35. The lowest BCUT2D eigenvalue weighted by atomic mass is 10.2. The Labute approximate surface area is 110 Å². The van der Waals surface area contributed by atoms with E-state index in [0.717, 1.165) is 25.8 Å². The smallest absolute Gasteiger partial charge is 0.223 e. The number of nitrogens with one attached hydrogen (secondary N) is 1. The minimum Gasteiger partial charge on any atom is -0.346 e. The van der Waals surface area contributed by atoms with Gasteiger partial charge < -0.3 is 10.2 Å². The van der Waals surface area contributed by atoms with Crippen LogP contribution in [-0.4, -0.2) is 56.9 Å². The van der Waals surface area contributed by atoms with E-state index in [1.165, 1.54) is 0 Å². The Hall–Kier alpha value is -0.620. The van der Waals surface area contributed by atoms with E-state index in [0.29, 0.717) is 6.54 Å². The number of nitrogens with zero attached hydrogens (tertiary/aromatic N) is 1. The number of carbonyl (C=O) groups excluding carboxylic acids is 1. The molecule has 1 rings (SSSR count). The van der Waals surface area contributed by atoms with Crippen LogP contribution < -0.4 is 5.32 Å². The van der Waals surface area contributed by atoms with Crippen LogP contribution in [-0.2, 0) is 14.6 Å². The zero-order chi connectivity index (χ0) is 13.6. The lowest BCUT2D eigenvalue weighted by molar-refractivity contribution is -0.130. The summed E-state index contributed by atoms with van der Waals surface area (Å²) in [5.41, 5.74) is 0. The van der Waals surface area contributed by atoms with Crippen molar-refractivity contribution in [1.29, 1.82) is 0 Å². The van der Waals surface area contributed by atoms with E-state index < -0.39 is 9.84 Å². The van der Waals surface area contributed by atoms with Crippen molar-refractivity contribution < 1.29 is 13.2 Å². The Morgan fingerprint density at radius 3 is 2.72 bits per heavy atom. The van der Waals surface area contributed by atoms with Crippen molar-refractivity contribution in [2.75, 3.05) is 31.6 Å². The zero-order valence-corrected chi connectivity index (χ0v) is 12.1. The second-order valence-electron chi connectivity index (χ2n) is 4.99. The molecule has 1 aliphatic rings. The molecule has 1 saturated heterocycles. The lowest BCUT2D eigenvalue weighted by Crippen LogP contribution is -2.47. The molecule has 0 aromatic carbocycles. The second kappa shape index (κ2) is 7.09. The number of hydrogen-bond donors (Lipinski definition) is 1. The predicted octanol–water partition coefficient (Wildman–Crippen LogP) is 0.412. The molecule has 0 bridgehead atoms. The fraction of sp³-hybridized carbons (Fsp3) is 0.917. The van der Waals surface area contributed by atoms with Crippen LogP contribution in [0.4, 0.5) is 0 Å². The molecular formula is C12H24N2O3S. The Balaban J connectivity index is 2.35. The molecule has 1 heterocycles. The van der Waals surface area contributed by atoms with Crippen molar-refractivity contribution in [3.8, 4) is 0 Å². The summed E-state index contributed by atoms with van der Waals surface area (Å²) in [6, 6.07) is -0.218. The van der Waals surface area contributed by atoms with E-state index >= 15 is 0 Å². The van der Waals surface area contributed by atoms with E-state index in [4.69, 9.17) is 0 Å². The average Bonchev–Trinajstić information content (AvgIpc) is 2.27. The Morgan fingerprint density at radius 2 is 2.11 bits per heavy atom. The highest BCUT2D eigenvalue weighted by atomic mass is 32.2. The molecule has 0 spiro atoms. The summed E-state index contributed by atoms with van der Waals surface area (Å²) < 4.78 is 22.9. The summed E-state index contributed by atoms with van der Waals surface area (Å²) in [7, 11) is -1.17. The Morgan fingerprint density at radius 1 is 1.39 bits per heavy atom. The molecule has 0 saturated carbocycles. The van der Waals surface area contributed by atoms with E-state index in [9.17, 15) is 13.2 Å². The lowest BCUT2D eigenvalue weighted by Gasteiger charge is -2.25. The van der Waals surface area contributed by atoms with Crippen LogP contribution in [0.5, 0.6) is 0 Å². The van der Waals surface area contributed by atoms with Gasteiger partial charge in [-0.2, -0.15) is 0 Å². The Kier molecular flexibility index (Phi) is 6.08. The molecule has 18 heavy (non-hydrogen) atoms. The van der Waals surface area contributed by atoms with Gasteiger partial charge in [0.2, 0.25) is 5.91 Å². The summed E-state index contributed by atoms with van der Waals surface area (Å²) in [6.07, 6.45) is 3.54.